The summed E-state index contributed by atoms with van der Waals surface area (Å²) in [6.45, 7) is 1.55. The first kappa shape index (κ1) is 14.3. The summed E-state index contributed by atoms with van der Waals surface area (Å²) >= 11 is 0. The van der Waals surface area contributed by atoms with E-state index in [0.29, 0.717) is 5.56 Å². The Balaban J connectivity index is 2.44. The van der Waals surface area contributed by atoms with E-state index in [9.17, 15) is 17.2 Å². The topological polar surface area (TPSA) is 72.2 Å². The third kappa shape index (κ3) is 2.72. The molecule has 2 aromatic carbocycles. The zero-order chi connectivity index (χ0) is 14.9. The molecule has 0 atom stereocenters. The molecule has 0 spiro atoms. The van der Waals surface area contributed by atoms with Crippen LogP contribution in [0.5, 0.6) is 0 Å². The van der Waals surface area contributed by atoms with Gasteiger partial charge in [0.25, 0.3) is 10.0 Å². The van der Waals surface area contributed by atoms with E-state index in [2.05, 4.69) is 4.72 Å². The lowest BCUT2D eigenvalue weighted by Crippen LogP contribution is -2.16. The van der Waals surface area contributed by atoms with Crippen molar-refractivity contribution in [1.82, 2.24) is 0 Å². The minimum atomic E-state index is -4.04. The number of nitrogens with two attached hydrogens (primary N) is 1. The van der Waals surface area contributed by atoms with Crippen LogP contribution in [0.4, 0.5) is 20.2 Å². The van der Waals surface area contributed by atoms with Crippen LogP contribution in [0.2, 0.25) is 0 Å². The van der Waals surface area contributed by atoms with Crippen molar-refractivity contribution >= 4 is 21.4 Å². The molecule has 0 bridgehead atoms. The Hall–Kier alpha value is -2.15. The number of nitrogens with one attached hydrogen (secondary N) is 1. The first-order valence-electron chi connectivity index (χ1n) is 5.64. The summed E-state index contributed by atoms with van der Waals surface area (Å²) in [5.41, 5.74) is 5.58. The average molecular weight is 298 g/mol. The van der Waals surface area contributed by atoms with E-state index in [1.165, 1.54) is 24.3 Å². The molecule has 0 aliphatic rings. The molecule has 0 aliphatic carbocycles. The fraction of sp³-hybridized carbons (Fsp3) is 0.0769. The van der Waals surface area contributed by atoms with Crippen LogP contribution in [-0.2, 0) is 10.0 Å². The Labute approximate surface area is 115 Å². The predicted octanol–water partition coefficient (Wildman–Crippen LogP) is 2.66. The van der Waals surface area contributed by atoms with Gasteiger partial charge in [0.2, 0.25) is 0 Å². The smallest absolute Gasteiger partial charge is 0.264 e. The van der Waals surface area contributed by atoms with Crippen LogP contribution in [0.1, 0.15) is 5.56 Å². The molecule has 0 radical (unpaired) electrons. The molecule has 0 unspecified atom stereocenters. The van der Waals surface area contributed by atoms with Gasteiger partial charge >= 0.3 is 0 Å². The van der Waals surface area contributed by atoms with E-state index in [0.717, 1.165) is 12.1 Å². The molecule has 0 saturated carbocycles. The van der Waals surface area contributed by atoms with Crippen LogP contribution < -0.4 is 10.5 Å². The molecule has 0 amide bonds. The van der Waals surface area contributed by atoms with Crippen LogP contribution in [0.3, 0.4) is 0 Å². The van der Waals surface area contributed by atoms with Gasteiger partial charge < -0.3 is 5.73 Å². The molecule has 0 saturated heterocycles. The Morgan fingerprint density at radius 2 is 1.85 bits per heavy atom. The number of hydrogen-bond acceptors (Lipinski definition) is 3. The predicted molar refractivity (Wildman–Crippen MR) is 72.8 cm³/mol. The van der Waals surface area contributed by atoms with E-state index in [4.69, 9.17) is 5.73 Å². The number of rotatable bonds is 3. The molecule has 0 aliphatic heterocycles. The second-order valence-corrected chi connectivity index (χ2v) is 5.87. The van der Waals surface area contributed by atoms with E-state index >= 15 is 0 Å². The summed E-state index contributed by atoms with van der Waals surface area (Å²) in [6, 6.07) is 7.11. The molecule has 106 valence electrons. The molecule has 3 N–H and O–H groups in total. The Morgan fingerprint density at radius 1 is 1.15 bits per heavy atom. The summed E-state index contributed by atoms with van der Waals surface area (Å²) in [6.07, 6.45) is 0. The molecule has 0 fully saturated rings. The molecule has 2 rings (SSSR count). The van der Waals surface area contributed by atoms with Crippen LogP contribution in [0.25, 0.3) is 0 Å². The van der Waals surface area contributed by atoms with E-state index < -0.39 is 27.3 Å². The van der Waals surface area contributed by atoms with Crippen molar-refractivity contribution in [1.29, 1.82) is 0 Å². The fourth-order valence-corrected chi connectivity index (χ4v) is 2.97. The highest BCUT2D eigenvalue weighted by Gasteiger charge is 2.20. The van der Waals surface area contributed by atoms with E-state index in [1.54, 1.807) is 6.92 Å². The van der Waals surface area contributed by atoms with Gasteiger partial charge in [-0.15, -0.1) is 0 Å². The molecular weight excluding hydrogens is 286 g/mol. The Kier molecular flexibility index (Phi) is 3.63. The summed E-state index contributed by atoms with van der Waals surface area (Å²) in [4.78, 5) is -0.360. The van der Waals surface area contributed by atoms with Crippen LogP contribution in [0, 0.1) is 18.6 Å². The summed E-state index contributed by atoms with van der Waals surface area (Å²) in [7, 11) is -4.04. The lowest BCUT2D eigenvalue weighted by molar-refractivity contribution is 0.597. The van der Waals surface area contributed by atoms with Gasteiger partial charge in [0, 0.05) is 0 Å². The van der Waals surface area contributed by atoms with Crippen molar-refractivity contribution in [2.75, 3.05) is 10.5 Å². The minimum Gasteiger partial charge on any atom is -0.395 e. The van der Waals surface area contributed by atoms with Crippen molar-refractivity contribution in [2.24, 2.45) is 0 Å². The molecule has 0 aromatic heterocycles. The maximum absolute atomic E-state index is 13.3. The number of hydrogen-bond donors (Lipinski definition) is 2. The molecular formula is C13H12F2N2O2S. The van der Waals surface area contributed by atoms with Crippen molar-refractivity contribution < 1.29 is 17.2 Å². The lowest BCUT2D eigenvalue weighted by Gasteiger charge is -2.12. The van der Waals surface area contributed by atoms with Gasteiger partial charge in [0.1, 0.15) is 16.5 Å². The monoisotopic (exact) mass is 298 g/mol. The number of sulfonamides is 1. The number of aryl methyl sites for hydroxylation is 1. The second kappa shape index (κ2) is 5.09. The standard InChI is InChI=1S/C13H12F2N2O2S/c1-8-7-9(14)5-6-11(8)17-20(18,19)12-4-2-3-10(15)13(12)16/h2-7,17H,16H2,1H3. The Bertz CT molecular complexity index is 761. The molecule has 2 aromatic rings. The van der Waals surface area contributed by atoms with Crippen LogP contribution in [-0.4, -0.2) is 8.42 Å². The van der Waals surface area contributed by atoms with Crippen molar-refractivity contribution in [3.05, 3.63) is 53.6 Å². The SMILES string of the molecule is Cc1cc(F)ccc1NS(=O)(=O)c1cccc(F)c1N. The Morgan fingerprint density at radius 3 is 2.50 bits per heavy atom. The van der Waals surface area contributed by atoms with Crippen molar-refractivity contribution in [3.8, 4) is 0 Å². The lowest BCUT2D eigenvalue weighted by atomic mass is 10.2. The van der Waals surface area contributed by atoms with Gasteiger partial charge in [-0.25, -0.2) is 17.2 Å². The fourth-order valence-electron chi connectivity index (χ4n) is 1.69. The highest BCUT2D eigenvalue weighted by Crippen LogP contribution is 2.25. The van der Waals surface area contributed by atoms with Gasteiger partial charge in [-0.1, -0.05) is 6.07 Å². The number of halogens is 2. The first-order valence-corrected chi connectivity index (χ1v) is 7.12. The summed E-state index contributed by atoms with van der Waals surface area (Å²) in [5.74, 6) is -1.29. The van der Waals surface area contributed by atoms with Crippen LogP contribution >= 0.6 is 0 Å². The number of para-hydroxylation sites is 1. The van der Waals surface area contributed by atoms with Crippen LogP contribution in [0.15, 0.2) is 41.3 Å². The number of nitrogen functional groups attached to an aromatic ring is 1. The minimum absolute atomic E-state index is 0.204. The van der Waals surface area contributed by atoms with Crippen molar-refractivity contribution in [3.63, 3.8) is 0 Å². The average Bonchev–Trinajstić information content (AvgIpc) is 2.36. The normalized spacial score (nSPS) is 11.3. The van der Waals surface area contributed by atoms with Gasteiger partial charge in [-0.2, -0.15) is 0 Å². The van der Waals surface area contributed by atoms with Gasteiger partial charge in [0.05, 0.1) is 11.4 Å². The third-order valence-corrected chi connectivity index (χ3v) is 4.16. The molecule has 20 heavy (non-hydrogen) atoms. The first-order chi connectivity index (χ1) is 9.31. The maximum Gasteiger partial charge on any atom is 0.264 e. The summed E-state index contributed by atoms with van der Waals surface area (Å²) in [5, 5.41) is 0. The molecule has 4 nitrogen and oxygen atoms in total. The van der Waals surface area contributed by atoms with Gasteiger partial charge in [-0.3, -0.25) is 4.72 Å². The van der Waals surface area contributed by atoms with E-state index in [1.807, 2.05) is 0 Å². The largest absolute Gasteiger partial charge is 0.395 e. The molecule has 7 heteroatoms. The third-order valence-electron chi connectivity index (χ3n) is 2.74. The number of benzene rings is 2. The quantitative estimate of drug-likeness (QED) is 0.856. The van der Waals surface area contributed by atoms with E-state index in [-0.39, 0.29) is 10.6 Å². The summed E-state index contributed by atoms with van der Waals surface area (Å²) < 4.78 is 52.9. The highest BCUT2D eigenvalue weighted by molar-refractivity contribution is 7.92. The zero-order valence-corrected chi connectivity index (χ0v) is 11.3. The second-order valence-electron chi connectivity index (χ2n) is 4.22. The van der Waals surface area contributed by atoms with Gasteiger partial charge in [0.15, 0.2) is 0 Å². The number of anilines is 2. The van der Waals surface area contributed by atoms with Gasteiger partial charge in [-0.05, 0) is 42.8 Å². The highest BCUT2D eigenvalue weighted by atomic mass is 32.2. The zero-order valence-electron chi connectivity index (χ0n) is 10.5. The maximum atomic E-state index is 13.3. The molecule has 0 heterocycles. The van der Waals surface area contributed by atoms with Crippen molar-refractivity contribution in [2.45, 2.75) is 11.8 Å².